The minimum atomic E-state index is -3.47. The summed E-state index contributed by atoms with van der Waals surface area (Å²) in [5, 5.41) is 9.99. The number of nitrogens with zero attached hydrogens (tertiary/aromatic N) is 2. The van der Waals surface area contributed by atoms with Gasteiger partial charge in [0.25, 0.3) is 0 Å². The van der Waals surface area contributed by atoms with Gasteiger partial charge in [-0.25, -0.2) is 8.42 Å². The molecule has 0 aromatic heterocycles. The molecule has 3 fully saturated rings. The molecule has 0 bridgehead atoms. The fraction of sp³-hybridized carbons (Fsp3) is 0.667. The highest BCUT2D eigenvalue weighted by Gasteiger charge is 2.70. The number of amides is 1. The van der Waals surface area contributed by atoms with Gasteiger partial charge in [0.2, 0.25) is 15.9 Å². The van der Waals surface area contributed by atoms with E-state index in [1.54, 1.807) is 6.92 Å². The number of likely N-dealkylation sites (tertiary alicyclic amines) is 1. The van der Waals surface area contributed by atoms with Gasteiger partial charge in [-0.15, -0.1) is 0 Å². The standard InChI is InChI=1S/C21H30N2O4S/c1-2-28(26,27)23-18(13-24)19(16-9-5-3-6-10-16)21(23)14-22(15-21)20(25)17-11-7-4-8-12-17/h3,5-6,9-10,17-19,24H,2,4,7-8,11-15H2,1H3/t18-,19+/m0/s1. The van der Waals surface area contributed by atoms with Gasteiger partial charge in [0.1, 0.15) is 0 Å². The van der Waals surface area contributed by atoms with Crippen LogP contribution < -0.4 is 0 Å². The molecule has 28 heavy (non-hydrogen) atoms. The van der Waals surface area contributed by atoms with E-state index in [9.17, 15) is 18.3 Å². The highest BCUT2D eigenvalue weighted by atomic mass is 32.2. The van der Waals surface area contributed by atoms with Crippen LogP contribution in [-0.4, -0.2) is 65.7 Å². The van der Waals surface area contributed by atoms with Crippen molar-refractivity contribution in [2.75, 3.05) is 25.4 Å². The van der Waals surface area contributed by atoms with E-state index in [0.717, 1.165) is 31.2 Å². The summed E-state index contributed by atoms with van der Waals surface area (Å²) in [5.41, 5.74) is 0.419. The maximum absolute atomic E-state index is 12.9. The van der Waals surface area contributed by atoms with Gasteiger partial charge in [-0.05, 0) is 25.3 Å². The van der Waals surface area contributed by atoms with Crippen molar-refractivity contribution in [3.63, 3.8) is 0 Å². The monoisotopic (exact) mass is 406 g/mol. The number of aliphatic hydroxyl groups is 1. The molecule has 2 atom stereocenters. The van der Waals surface area contributed by atoms with Crippen LogP contribution in [0.25, 0.3) is 0 Å². The van der Waals surface area contributed by atoms with Gasteiger partial charge in [-0.1, -0.05) is 49.6 Å². The number of benzene rings is 1. The molecule has 6 nitrogen and oxygen atoms in total. The molecule has 2 heterocycles. The number of carbonyl (C=O) groups is 1. The number of aliphatic hydroxyl groups excluding tert-OH is 1. The van der Waals surface area contributed by atoms with Gasteiger partial charge in [0, 0.05) is 24.9 Å². The molecule has 1 amide bonds. The fourth-order valence-electron chi connectivity index (χ4n) is 5.59. The first kappa shape index (κ1) is 19.9. The molecule has 1 saturated carbocycles. The minimum Gasteiger partial charge on any atom is -0.395 e. The Morgan fingerprint density at radius 1 is 1.14 bits per heavy atom. The van der Waals surface area contributed by atoms with Crippen LogP contribution in [0.15, 0.2) is 30.3 Å². The highest BCUT2D eigenvalue weighted by Crippen LogP contribution is 2.55. The van der Waals surface area contributed by atoms with E-state index < -0.39 is 21.6 Å². The number of hydrogen-bond acceptors (Lipinski definition) is 4. The topological polar surface area (TPSA) is 77.9 Å². The minimum absolute atomic E-state index is 0.00330. The summed E-state index contributed by atoms with van der Waals surface area (Å²) in [6, 6.07) is 9.35. The molecule has 0 unspecified atom stereocenters. The van der Waals surface area contributed by atoms with Crippen molar-refractivity contribution in [3.8, 4) is 0 Å². The van der Waals surface area contributed by atoms with Crippen molar-refractivity contribution in [2.45, 2.75) is 56.5 Å². The van der Waals surface area contributed by atoms with Crippen LogP contribution in [0.4, 0.5) is 0 Å². The first-order chi connectivity index (χ1) is 13.4. The number of rotatable bonds is 5. The average molecular weight is 407 g/mol. The van der Waals surface area contributed by atoms with E-state index >= 15 is 0 Å². The van der Waals surface area contributed by atoms with Gasteiger partial charge in [-0.2, -0.15) is 4.31 Å². The van der Waals surface area contributed by atoms with Gasteiger partial charge in [0.05, 0.1) is 23.9 Å². The smallest absolute Gasteiger partial charge is 0.225 e. The van der Waals surface area contributed by atoms with Crippen LogP contribution >= 0.6 is 0 Å². The maximum atomic E-state index is 12.9. The summed E-state index contributed by atoms with van der Waals surface area (Å²) < 4.78 is 27.2. The van der Waals surface area contributed by atoms with E-state index in [4.69, 9.17) is 0 Å². The molecule has 0 radical (unpaired) electrons. The second kappa shape index (κ2) is 7.43. The first-order valence-electron chi connectivity index (χ1n) is 10.4. The van der Waals surface area contributed by atoms with Crippen molar-refractivity contribution in [1.29, 1.82) is 0 Å². The molecular formula is C21H30N2O4S. The van der Waals surface area contributed by atoms with Crippen LogP contribution in [0.1, 0.15) is 50.5 Å². The van der Waals surface area contributed by atoms with Crippen molar-refractivity contribution < 1.29 is 18.3 Å². The third-order valence-corrected chi connectivity index (χ3v) is 8.87. The lowest BCUT2D eigenvalue weighted by atomic mass is 9.62. The lowest BCUT2D eigenvalue weighted by molar-refractivity contribution is -0.171. The molecule has 1 aliphatic carbocycles. The van der Waals surface area contributed by atoms with Crippen LogP contribution in [0.5, 0.6) is 0 Å². The van der Waals surface area contributed by atoms with E-state index in [1.807, 2.05) is 35.2 Å². The third-order valence-electron chi connectivity index (χ3n) is 6.91. The quantitative estimate of drug-likeness (QED) is 0.811. The first-order valence-corrected chi connectivity index (χ1v) is 12.0. The Kier molecular flexibility index (Phi) is 5.27. The lowest BCUT2D eigenvalue weighted by Gasteiger charge is -2.69. The maximum Gasteiger partial charge on any atom is 0.225 e. The predicted octanol–water partition coefficient (Wildman–Crippen LogP) is 1.96. The van der Waals surface area contributed by atoms with Gasteiger partial charge < -0.3 is 10.0 Å². The van der Waals surface area contributed by atoms with Gasteiger partial charge >= 0.3 is 0 Å². The normalized spacial score (nSPS) is 28.0. The summed E-state index contributed by atoms with van der Waals surface area (Å²) in [4.78, 5) is 14.8. The fourth-order valence-corrected chi connectivity index (χ4v) is 7.25. The zero-order valence-corrected chi connectivity index (χ0v) is 17.3. The second-order valence-corrected chi connectivity index (χ2v) is 10.6. The molecule has 1 spiro atoms. The summed E-state index contributed by atoms with van der Waals surface area (Å²) >= 11 is 0. The largest absolute Gasteiger partial charge is 0.395 e. The van der Waals surface area contributed by atoms with Gasteiger partial charge in [0.15, 0.2) is 0 Å². The van der Waals surface area contributed by atoms with E-state index in [1.165, 1.54) is 10.7 Å². The summed E-state index contributed by atoms with van der Waals surface area (Å²) in [5.74, 6) is 0.184. The summed E-state index contributed by atoms with van der Waals surface area (Å²) in [6.45, 7) is 2.28. The second-order valence-electron chi connectivity index (χ2n) is 8.47. The van der Waals surface area contributed by atoms with Crippen molar-refractivity contribution in [3.05, 3.63) is 35.9 Å². The highest BCUT2D eigenvalue weighted by molar-refractivity contribution is 7.89. The number of carbonyl (C=O) groups excluding carboxylic acids is 1. The Balaban J connectivity index is 1.61. The third kappa shape index (κ3) is 2.99. The van der Waals surface area contributed by atoms with Crippen molar-refractivity contribution in [1.82, 2.24) is 9.21 Å². The Morgan fingerprint density at radius 2 is 1.79 bits per heavy atom. The Bertz CT molecular complexity index is 814. The Labute approximate surface area is 167 Å². The summed E-state index contributed by atoms with van der Waals surface area (Å²) in [6.07, 6.45) is 5.29. The molecule has 3 aliphatic rings. The van der Waals surface area contributed by atoms with E-state index in [2.05, 4.69) is 0 Å². The zero-order chi connectivity index (χ0) is 19.9. The SMILES string of the molecule is CCS(=O)(=O)N1[C@@H](CO)[C@@H](c2ccccc2)C12CN(C(=O)C1CCCCC1)C2. The van der Waals surface area contributed by atoms with Crippen LogP contribution in [0.3, 0.4) is 0 Å². The van der Waals surface area contributed by atoms with Crippen LogP contribution in [0, 0.1) is 5.92 Å². The average Bonchev–Trinajstić information content (AvgIpc) is 2.67. The predicted molar refractivity (Wildman–Crippen MR) is 107 cm³/mol. The number of hydrogen-bond donors (Lipinski definition) is 1. The molecule has 1 N–H and O–H groups in total. The molecule has 2 saturated heterocycles. The molecule has 4 rings (SSSR count). The Morgan fingerprint density at radius 3 is 2.36 bits per heavy atom. The van der Waals surface area contributed by atoms with Crippen LogP contribution in [-0.2, 0) is 14.8 Å². The van der Waals surface area contributed by atoms with Crippen molar-refractivity contribution >= 4 is 15.9 Å². The van der Waals surface area contributed by atoms with Crippen molar-refractivity contribution in [2.24, 2.45) is 5.92 Å². The van der Waals surface area contributed by atoms with Gasteiger partial charge in [-0.3, -0.25) is 4.79 Å². The molecule has 1 aromatic carbocycles. The summed E-state index contributed by atoms with van der Waals surface area (Å²) in [7, 11) is -3.47. The zero-order valence-electron chi connectivity index (χ0n) is 16.5. The van der Waals surface area contributed by atoms with E-state index in [0.29, 0.717) is 13.1 Å². The molecule has 2 aliphatic heterocycles. The van der Waals surface area contributed by atoms with Crippen LogP contribution in [0.2, 0.25) is 0 Å². The van der Waals surface area contributed by atoms with E-state index in [-0.39, 0.29) is 30.1 Å². The lowest BCUT2D eigenvalue weighted by Crippen LogP contribution is -2.86. The molecular weight excluding hydrogens is 376 g/mol. The molecule has 7 heteroatoms. The Hall–Kier alpha value is -1.44. The molecule has 1 aromatic rings. The number of sulfonamides is 1. The molecule has 154 valence electrons.